The van der Waals surface area contributed by atoms with Crippen molar-refractivity contribution in [3.05, 3.63) is 0 Å². The van der Waals surface area contributed by atoms with E-state index in [0.29, 0.717) is 0 Å². The van der Waals surface area contributed by atoms with Crippen LogP contribution >= 0.6 is 19.1 Å². The van der Waals surface area contributed by atoms with Crippen LogP contribution in [-0.2, 0) is 25.5 Å². The third kappa shape index (κ3) is 73.4. The van der Waals surface area contributed by atoms with Gasteiger partial charge in [-0.25, -0.2) is 0 Å². The first-order valence-electron chi connectivity index (χ1n) is 2.58. The second-order valence-electron chi connectivity index (χ2n) is 1.20. The Kier molecular flexibility index (Phi) is 26.0. The fraction of sp³-hybridized carbons (Fsp3) is 0.500. The molecule has 0 aliphatic heterocycles. The van der Waals surface area contributed by atoms with Crippen molar-refractivity contribution in [1.82, 2.24) is 0 Å². The number of nitrogens with two attached hydrogens (primary N) is 2. The Morgan fingerprint density at radius 2 is 1.15 bits per heavy atom. The molecule has 0 unspecified atom stereocenters. The van der Waals surface area contributed by atoms with Crippen LogP contribution in [0.2, 0.25) is 0 Å². The number of halogens is 2. The predicted molar refractivity (Wildman–Crippen MR) is 39.8 cm³/mol. The molecule has 9 heteroatoms. The van der Waals surface area contributed by atoms with Crippen LogP contribution in [0.5, 0.6) is 0 Å². The molecule has 0 saturated carbocycles. The molecule has 0 radical (unpaired) electrons. The summed E-state index contributed by atoms with van der Waals surface area (Å²) in [6, 6.07) is 0. The zero-order valence-corrected chi connectivity index (χ0v) is 9.34. The summed E-state index contributed by atoms with van der Waals surface area (Å²) < 4.78 is 0. The quantitative estimate of drug-likeness (QED) is 0.513. The molecule has 0 aliphatic carbocycles. The van der Waals surface area contributed by atoms with Gasteiger partial charge in [-0.3, -0.25) is 0 Å². The van der Waals surface area contributed by atoms with Gasteiger partial charge in [-0.1, -0.05) is 0 Å². The molecule has 0 bridgehead atoms. The Labute approximate surface area is 91.3 Å². The number of hydrogen-bond acceptors (Lipinski definition) is 6. The van der Waals surface area contributed by atoms with Gasteiger partial charge in [0.25, 0.3) is 0 Å². The fourth-order valence-electron chi connectivity index (χ4n) is 0. The molecular weight excluding hydrogens is 317 g/mol. The Morgan fingerprint density at radius 1 is 1.08 bits per heavy atom. The summed E-state index contributed by atoms with van der Waals surface area (Å²) in [4.78, 5) is 18.3. The van der Waals surface area contributed by atoms with Crippen molar-refractivity contribution in [1.29, 1.82) is 0 Å². The third-order valence-electron chi connectivity index (χ3n) is 0.333. The molecule has 0 aromatic rings. The molecule has 0 amide bonds. The molecule has 0 rings (SSSR count). The van der Waals surface area contributed by atoms with E-state index >= 15 is 0 Å². The van der Waals surface area contributed by atoms with E-state index in [1.165, 1.54) is 0 Å². The molecule has 0 aromatic heterocycles. The van der Waals surface area contributed by atoms with Gasteiger partial charge in [-0.2, -0.15) is 0 Å². The number of carbonyl (C=O) groups is 2. The van der Waals surface area contributed by atoms with Crippen molar-refractivity contribution in [2.24, 2.45) is 11.5 Å². The van der Waals surface area contributed by atoms with E-state index < -0.39 is 11.9 Å². The molecule has 0 aromatic carbocycles. The van der Waals surface area contributed by atoms with Gasteiger partial charge in [0.2, 0.25) is 0 Å². The van der Waals surface area contributed by atoms with E-state index in [2.05, 4.69) is 11.5 Å². The van der Waals surface area contributed by atoms with Crippen molar-refractivity contribution in [2.75, 3.05) is 13.1 Å². The second kappa shape index (κ2) is 18.0. The van der Waals surface area contributed by atoms with E-state index in [4.69, 9.17) is 38.9 Å². The molecule has 0 heterocycles. The number of carboxylic acids is 2. The summed E-state index contributed by atoms with van der Waals surface area (Å²) in [7, 11) is 9.63. The number of carboxylic acid groups (broad SMARTS) is 2. The van der Waals surface area contributed by atoms with Crippen molar-refractivity contribution in [3.63, 3.8) is 0 Å². The number of rotatable bonds is 2. The second-order valence-corrected chi connectivity index (χ2v) is 3.56. The van der Waals surface area contributed by atoms with E-state index in [1.807, 2.05) is 0 Å². The first kappa shape index (κ1) is 18.8. The van der Waals surface area contributed by atoms with Crippen LogP contribution in [0.3, 0.4) is 0 Å². The zero-order valence-electron chi connectivity index (χ0n) is 6.27. The van der Waals surface area contributed by atoms with Gasteiger partial charge in [0.15, 0.2) is 0 Å². The maximum absolute atomic E-state index is 9.13. The summed E-state index contributed by atoms with van der Waals surface area (Å²) >= 11 is -0.106. The van der Waals surface area contributed by atoms with Gasteiger partial charge < -0.3 is 31.3 Å². The standard InChI is InChI=1S/2C2H5NO2.2ClH.Pd/c2*3-1-2(4)5;;;/h2*1,3H2,(H,4,5);2*1H;/q;;;;+2/p-4. The van der Waals surface area contributed by atoms with Crippen molar-refractivity contribution in [3.8, 4) is 0 Å². The van der Waals surface area contributed by atoms with Crippen molar-refractivity contribution < 1.29 is 35.7 Å². The van der Waals surface area contributed by atoms with Crippen LogP contribution in [0.25, 0.3) is 0 Å². The number of hydrogen-bond donors (Lipinski definition) is 2. The summed E-state index contributed by atoms with van der Waals surface area (Å²) in [6.07, 6.45) is 0. The summed E-state index contributed by atoms with van der Waals surface area (Å²) in [5.74, 6) is -2.44. The van der Waals surface area contributed by atoms with E-state index in [9.17, 15) is 0 Å². The van der Waals surface area contributed by atoms with Crippen LogP contribution in [0.1, 0.15) is 0 Å². The first-order chi connectivity index (χ1) is 5.95. The SMILES string of the molecule is NCC(=O)[O-].NCC(=O)[O-].[Cl][Pd][Cl]. The average molecular weight is 325 g/mol. The molecule has 84 valence electrons. The Bertz CT molecular complexity index is 123. The van der Waals surface area contributed by atoms with Gasteiger partial charge in [-0.05, 0) is 0 Å². The number of aliphatic carboxylic acids is 2. The van der Waals surface area contributed by atoms with Gasteiger partial charge in [0.1, 0.15) is 0 Å². The molecule has 6 nitrogen and oxygen atoms in total. The van der Waals surface area contributed by atoms with Crippen LogP contribution in [-0.4, -0.2) is 25.0 Å². The monoisotopic (exact) mass is 324 g/mol. The van der Waals surface area contributed by atoms with Gasteiger partial charge in [-0.15, -0.1) is 0 Å². The van der Waals surface area contributed by atoms with Crippen LogP contribution in [0.15, 0.2) is 0 Å². The maximum atomic E-state index is 9.13. The topological polar surface area (TPSA) is 132 Å². The molecule has 0 saturated heterocycles. The Balaban J connectivity index is -0.000000120. The molecule has 0 atom stereocenters. The van der Waals surface area contributed by atoms with E-state index in [-0.39, 0.29) is 29.0 Å². The van der Waals surface area contributed by atoms with Crippen molar-refractivity contribution in [2.45, 2.75) is 0 Å². The molecule has 0 aliphatic rings. The molecular formula is C4H8Cl2N2O4Pd-2. The normalized spacial score (nSPS) is 7.38. The summed E-state index contributed by atoms with van der Waals surface area (Å²) in [5, 5.41) is 18.3. The molecule has 4 N–H and O–H groups in total. The minimum absolute atomic E-state index is 0.106. The van der Waals surface area contributed by atoms with Gasteiger partial charge >= 0.3 is 35.0 Å². The predicted octanol–water partition coefficient (Wildman–Crippen LogP) is -3.23. The van der Waals surface area contributed by atoms with Gasteiger partial charge in [0.05, 0.1) is 11.9 Å². The van der Waals surface area contributed by atoms with Crippen molar-refractivity contribution >= 4 is 31.0 Å². The van der Waals surface area contributed by atoms with Gasteiger partial charge in [0, 0.05) is 13.1 Å². The summed E-state index contributed by atoms with van der Waals surface area (Å²) in [5.41, 5.74) is 9.02. The Hall–Kier alpha value is 0.102. The van der Waals surface area contributed by atoms with Crippen LogP contribution in [0, 0.1) is 0 Å². The first-order valence-corrected chi connectivity index (χ1v) is 6.58. The molecule has 0 spiro atoms. The fourth-order valence-corrected chi connectivity index (χ4v) is 0. The average Bonchev–Trinajstić information content (AvgIpc) is 2.07. The summed E-state index contributed by atoms with van der Waals surface area (Å²) in [6.45, 7) is -0.778. The number of carbonyl (C=O) groups excluding carboxylic acids is 2. The molecule has 0 fully saturated rings. The molecule has 13 heavy (non-hydrogen) atoms. The zero-order chi connectivity index (χ0) is 11.3. The third-order valence-corrected chi connectivity index (χ3v) is 0.333. The van der Waals surface area contributed by atoms with E-state index in [1.54, 1.807) is 0 Å². The van der Waals surface area contributed by atoms with E-state index in [0.717, 1.165) is 0 Å². The van der Waals surface area contributed by atoms with Crippen LogP contribution in [0.4, 0.5) is 0 Å². The Morgan fingerprint density at radius 3 is 1.15 bits per heavy atom. The van der Waals surface area contributed by atoms with Crippen LogP contribution < -0.4 is 21.7 Å². The minimum atomic E-state index is -1.22.